The Morgan fingerprint density at radius 1 is 1.25 bits per heavy atom. The van der Waals surface area contributed by atoms with Gasteiger partial charge in [0.25, 0.3) is 0 Å². The number of aromatic nitrogens is 1. The van der Waals surface area contributed by atoms with E-state index >= 15 is 0 Å². The zero-order valence-corrected chi connectivity index (χ0v) is 17.7. The highest BCUT2D eigenvalue weighted by molar-refractivity contribution is 6.31. The minimum atomic E-state index is -4.93. The van der Waals surface area contributed by atoms with E-state index in [9.17, 15) is 31.5 Å². The van der Waals surface area contributed by atoms with Crippen LogP contribution in [-0.2, 0) is 11.0 Å². The molecule has 0 saturated carbocycles. The Bertz CT molecular complexity index is 1070. The highest BCUT2D eigenvalue weighted by atomic mass is 35.5. The van der Waals surface area contributed by atoms with Gasteiger partial charge in [-0.2, -0.15) is 13.2 Å². The molecule has 1 saturated heterocycles. The quantitative estimate of drug-likeness (QED) is 0.491. The summed E-state index contributed by atoms with van der Waals surface area (Å²) in [7, 11) is 0. The molecule has 1 fully saturated rings. The van der Waals surface area contributed by atoms with Crippen LogP contribution in [0.4, 0.5) is 26.7 Å². The number of nitrogens with zero attached hydrogens (tertiary/aromatic N) is 2. The molecular formula is C19H15Cl2F5N4O2. The summed E-state index contributed by atoms with van der Waals surface area (Å²) in [4.78, 5) is 29.3. The molecule has 2 N–H and O–H groups in total. The molecule has 1 aliphatic rings. The molecule has 0 spiro atoms. The fourth-order valence-corrected chi connectivity index (χ4v) is 3.54. The van der Waals surface area contributed by atoms with Gasteiger partial charge in [-0.25, -0.2) is 18.6 Å². The normalized spacial score (nSPS) is 17.7. The highest BCUT2D eigenvalue weighted by Gasteiger charge is 2.37. The Balaban J connectivity index is 2.08. The molecule has 6 nitrogen and oxygen atoms in total. The van der Waals surface area contributed by atoms with Gasteiger partial charge in [-0.05, 0) is 25.1 Å². The Kier molecular flexibility index (Phi) is 6.80. The zero-order valence-electron chi connectivity index (χ0n) is 16.2. The molecule has 13 heteroatoms. The van der Waals surface area contributed by atoms with Gasteiger partial charge in [0.2, 0.25) is 5.91 Å². The number of benzene rings is 1. The number of hydrogen-bond acceptors (Lipinski definition) is 3. The lowest BCUT2D eigenvalue weighted by Gasteiger charge is -2.34. The number of alkyl halides is 3. The summed E-state index contributed by atoms with van der Waals surface area (Å²) in [5.74, 6) is -2.82. The van der Waals surface area contributed by atoms with Crippen LogP contribution in [0.25, 0.3) is 0 Å². The third kappa shape index (κ3) is 4.73. The van der Waals surface area contributed by atoms with E-state index < -0.39 is 68.8 Å². The maximum Gasteiger partial charge on any atom is 0.434 e. The maximum absolute atomic E-state index is 14.8. The van der Waals surface area contributed by atoms with Crippen molar-refractivity contribution in [2.75, 3.05) is 13.1 Å². The first-order valence-corrected chi connectivity index (χ1v) is 9.89. The number of urea groups is 1. The van der Waals surface area contributed by atoms with Crippen LogP contribution < -0.4 is 10.6 Å². The molecule has 0 aliphatic carbocycles. The van der Waals surface area contributed by atoms with Gasteiger partial charge in [0.1, 0.15) is 28.7 Å². The number of nitrogens with one attached hydrogen (secondary N) is 2. The summed E-state index contributed by atoms with van der Waals surface area (Å²) < 4.78 is 68.3. The lowest BCUT2D eigenvalue weighted by atomic mass is 10.0. The average molecular weight is 497 g/mol. The molecular weight excluding hydrogens is 482 g/mol. The molecule has 1 unspecified atom stereocenters. The van der Waals surface area contributed by atoms with Crippen molar-refractivity contribution >= 4 is 35.1 Å². The molecule has 1 aliphatic heterocycles. The molecule has 1 aromatic heterocycles. The van der Waals surface area contributed by atoms with E-state index in [1.807, 2.05) is 0 Å². The summed E-state index contributed by atoms with van der Waals surface area (Å²) in [6, 6.07) is 0.320. The number of pyridine rings is 1. The van der Waals surface area contributed by atoms with Crippen molar-refractivity contribution in [2.24, 2.45) is 0 Å². The minimum absolute atomic E-state index is 0.0972. The number of amides is 3. The topological polar surface area (TPSA) is 74.3 Å². The SMILES string of the molecule is C[C@@H]1C(=O)NCCN1C(=O)NC(c1ccc(Cl)c(C(F)(F)F)n1)c1ccc(F)c(Cl)c1F. The van der Waals surface area contributed by atoms with Crippen LogP contribution in [-0.4, -0.2) is 41.0 Å². The van der Waals surface area contributed by atoms with E-state index in [-0.39, 0.29) is 13.1 Å². The molecule has 2 aromatic rings. The van der Waals surface area contributed by atoms with E-state index in [0.717, 1.165) is 29.2 Å². The first kappa shape index (κ1) is 24.0. The molecule has 172 valence electrons. The minimum Gasteiger partial charge on any atom is -0.353 e. The Morgan fingerprint density at radius 2 is 1.94 bits per heavy atom. The van der Waals surface area contributed by atoms with Gasteiger partial charge in [0.15, 0.2) is 5.69 Å². The maximum atomic E-state index is 14.8. The largest absolute Gasteiger partial charge is 0.434 e. The second kappa shape index (κ2) is 9.07. The second-order valence-corrected chi connectivity index (χ2v) is 7.66. The van der Waals surface area contributed by atoms with Gasteiger partial charge in [-0.15, -0.1) is 0 Å². The van der Waals surface area contributed by atoms with E-state index in [2.05, 4.69) is 15.6 Å². The van der Waals surface area contributed by atoms with Gasteiger partial charge in [-0.3, -0.25) is 4.79 Å². The number of rotatable bonds is 3. The van der Waals surface area contributed by atoms with Crippen molar-refractivity contribution in [3.63, 3.8) is 0 Å². The molecule has 32 heavy (non-hydrogen) atoms. The molecule has 1 aromatic carbocycles. The zero-order chi connectivity index (χ0) is 23.8. The number of carbonyl (C=O) groups is 2. The van der Waals surface area contributed by atoms with E-state index in [0.29, 0.717) is 0 Å². The lowest BCUT2D eigenvalue weighted by Crippen LogP contribution is -2.58. The Labute approximate surface area is 188 Å². The van der Waals surface area contributed by atoms with Crippen LogP contribution in [0, 0.1) is 11.6 Å². The van der Waals surface area contributed by atoms with E-state index in [1.54, 1.807) is 0 Å². The van der Waals surface area contributed by atoms with Crippen LogP contribution in [0.5, 0.6) is 0 Å². The molecule has 0 bridgehead atoms. The third-order valence-electron chi connectivity index (χ3n) is 4.84. The predicted octanol–water partition coefficient (Wildman–Crippen LogP) is 4.30. The van der Waals surface area contributed by atoms with E-state index in [4.69, 9.17) is 23.2 Å². The van der Waals surface area contributed by atoms with Crippen molar-refractivity contribution in [1.82, 2.24) is 20.5 Å². The summed E-state index contributed by atoms with van der Waals surface area (Å²) in [5, 5.41) is 3.32. The summed E-state index contributed by atoms with van der Waals surface area (Å²) in [6.45, 7) is 1.69. The van der Waals surface area contributed by atoms with Crippen LogP contribution in [0.3, 0.4) is 0 Å². The summed E-state index contributed by atoms with van der Waals surface area (Å²) in [5.41, 5.74) is -2.30. The van der Waals surface area contributed by atoms with E-state index in [1.165, 1.54) is 6.92 Å². The number of carbonyl (C=O) groups excluding carboxylic acids is 2. The van der Waals surface area contributed by atoms with Crippen LogP contribution in [0.2, 0.25) is 10.0 Å². The number of hydrogen-bond donors (Lipinski definition) is 2. The standard InChI is InChI=1S/C19H15Cl2F5N4O2/c1-8-17(31)27-6-7-30(8)18(32)29-15(9-2-4-11(22)13(21)14(9)23)12-5-3-10(20)16(28-12)19(24,25)26/h2-5,8,15H,6-7H2,1H3,(H,27,31)(H,29,32)/t8-,15?/m1/s1. The molecule has 2 atom stereocenters. The summed E-state index contributed by atoms with van der Waals surface area (Å²) >= 11 is 11.2. The van der Waals surface area contributed by atoms with Crippen molar-refractivity contribution in [3.05, 3.63) is 62.9 Å². The van der Waals surface area contributed by atoms with Crippen molar-refractivity contribution in [1.29, 1.82) is 0 Å². The molecule has 2 heterocycles. The van der Waals surface area contributed by atoms with Gasteiger partial charge < -0.3 is 15.5 Å². The summed E-state index contributed by atoms with van der Waals surface area (Å²) in [6.07, 6.45) is -4.93. The fourth-order valence-electron chi connectivity index (χ4n) is 3.16. The second-order valence-electron chi connectivity index (χ2n) is 6.87. The fraction of sp³-hybridized carbons (Fsp3) is 0.316. The molecule has 0 radical (unpaired) electrons. The van der Waals surface area contributed by atoms with Gasteiger partial charge >= 0.3 is 12.2 Å². The van der Waals surface area contributed by atoms with Crippen LogP contribution in [0.15, 0.2) is 24.3 Å². The predicted molar refractivity (Wildman–Crippen MR) is 105 cm³/mol. The first-order chi connectivity index (χ1) is 14.9. The van der Waals surface area contributed by atoms with Gasteiger partial charge in [0, 0.05) is 18.7 Å². The monoisotopic (exact) mass is 496 g/mol. The van der Waals surface area contributed by atoms with Crippen LogP contribution in [0.1, 0.15) is 29.9 Å². The van der Waals surface area contributed by atoms with Crippen molar-refractivity contribution in [3.8, 4) is 0 Å². The van der Waals surface area contributed by atoms with Gasteiger partial charge in [-0.1, -0.05) is 29.3 Å². The third-order valence-corrected chi connectivity index (χ3v) is 5.49. The van der Waals surface area contributed by atoms with Crippen molar-refractivity contribution in [2.45, 2.75) is 25.2 Å². The first-order valence-electron chi connectivity index (χ1n) is 9.13. The Morgan fingerprint density at radius 3 is 2.59 bits per heavy atom. The molecule has 3 amide bonds. The Hall–Kier alpha value is -2.66. The smallest absolute Gasteiger partial charge is 0.353 e. The highest BCUT2D eigenvalue weighted by Crippen LogP contribution is 2.36. The van der Waals surface area contributed by atoms with Crippen LogP contribution >= 0.6 is 23.2 Å². The number of piperazine rings is 1. The van der Waals surface area contributed by atoms with Crippen molar-refractivity contribution < 1.29 is 31.5 Å². The van der Waals surface area contributed by atoms with Gasteiger partial charge in [0.05, 0.1) is 10.7 Å². The number of halogens is 7. The average Bonchev–Trinajstić information content (AvgIpc) is 2.72. The molecule has 3 rings (SSSR count). The lowest BCUT2D eigenvalue weighted by molar-refractivity contribution is -0.141.